The highest BCUT2D eigenvalue weighted by molar-refractivity contribution is 7.89. The van der Waals surface area contributed by atoms with Crippen molar-refractivity contribution in [2.24, 2.45) is 0 Å². The maximum atomic E-state index is 12.6. The molecule has 1 fully saturated rings. The number of hydrogen-bond donors (Lipinski definition) is 1. The predicted octanol–water partition coefficient (Wildman–Crippen LogP) is 1.85. The van der Waals surface area contributed by atoms with Gasteiger partial charge in [-0.3, -0.25) is 0 Å². The molecule has 20 heavy (non-hydrogen) atoms. The summed E-state index contributed by atoms with van der Waals surface area (Å²) in [4.78, 5) is 0.258. The third kappa shape index (κ3) is 3.50. The molecule has 0 amide bonds. The second-order valence-electron chi connectivity index (χ2n) is 5.07. The maximum absolute atomic E-state index is 12.6. The summed E-state index contributed by atoms with van der Waals surface area (Å²) in [6, 6.07) is 6.44. The van der Waals surface area contributed by atoms with Crippen molar-refractivity contribution in [2.75, 3.05) is 25.4 Å². The van der Waals surface area contributed by atoms with Crippen LogP contribution in [0.1, 0.15) is 26.2 Å². The Bertz CT molecular complexity index is 545. The number of sulfonamides is 1. The van der Waals surface area contributed by atoms with Crippen LogP contribution in [0.2, 0.25) is 0 Å². The van der Waals surface area contributed by atoms with Crippen molar-refractivity contribution in [1.29, 1.82) is 0 Å². The van der Waals surface area contributed by atoms with Gasteiger partial charge in [-0.25, -0.2) is 8.42 Å². The molecule has 0 radical (unpaired) electrons. The number of nitrogen functional groups attached to an aromatic ring is 1. The minimum atomic E-state index is -3.47. The molecule has 6 heteroatoms. The van der Waals surface area contributed by atoms with Gasteiger partial charge in [0.1, 0.15) is 0 Å². The van der Waals surface area contributed by atoms with E-state index in [1.807, 2.05) is 6.92 Å². The summed E-state index contributed by atoms with van der Waals surface area (Å²) in [6.45, 7) is 3.70. The zero-order valence-corrected chi connectivity index (χ0v) is 12.6. The van der Waals surface area contributed by atoms with Crippen LogP contribution in [0.4, 0.5) is 5.69 Å². The standard InChI is InChI=1S/C14H22N2O3S/c1-2-9-19-13-6-4-8-16(11-13)20(17,18)14-7-3-5-12(15)10-14/h3,5,7,10,13H,2,4,6,8-9,11,15H2,1H3. The van der Waals surface area contributed by atoms with Crippen molar-refractivity contribution < 1.29 is 13.2 Å². The quantitative estimate of drug-likeness (QED) is 0.842. The van der Waals surface area contributed by atoms with E-state index >= 15 is 0 Å². The van der Waals surface area contributed by atoms with Crippen LogP contribution in [0.15, 0.2) is 29.2 Å². The van der Waals surface area contributed by atoms with Crippen molar-refractivity contribution in [3.8, 4) is 0 Å². The fourth-order valence-corrected chi connectivity index (χ4v) is 3.93. The molecule has 2 N–H and O–H groups in total. The number of benzene rings is 1. The van der Waals surface area contributed by atoms with E-state index in [0.717, 1.165) is 19.3 Å². The third-order valence-electron chi connectivity index (χ3n) is 3.39. The van der Waals surface area contributed by atoms with Gasteiger partial charge in [0.2, 0.25) is 10.0 Å². The summed E-state index contributed by atoms with van der Waals surface area (Å²) in [5.74, 6) is 0. The minimum Gasteiger partial charge on any atom is -0.399 e. The summed E-state index contributed by atoms with van der Waals surface area (Å²) in [6.07, 6.45) is 2.69. The van der Waals surface area contributed by atoms with Gasteiger partial charge in [-0.05, 0) is 37.5 Å². The fraction of sp³-hybridized carbons (Fsp3) is 0.571. The molecule has 0 aliphatic carbocycles. The average molecular weight is 298 g/mol. The number of piperidine rings is 1. The first-order valence-corrected chi connectivity index (χ1v) is 8.45. The van der Waals surface area contributed by atoms with E-state index in [-0.39, 0.29) is 11.0 Å². The maximum Gasteiger partial charge on any atom is 0.243 e. The Morgan fingerprint density at radius 2 is 2.25 bits per heavy atom. The molecule has 1 aliphatic rings. The Morgan fingerprint density at radius 3 is 2.95 bits per heavy atom. The van der Waals surface area contributed by atoms with E-state index in [1.165, 1.54) is 10.4 Å². The minimum absolute atomic E-state index is 0.000431. The van der Waals surface area contributed by atoms with Crippen LogP contribution in [-0.2, 0) is 14.8 Å². The predicted molar refractivity (Wildman–Crippen MR) is 78.9 cm³/mol. The highest BCUT2D eigenvalue weighted by Gasteiger charge is 2.30. The van der Waals surface area contributed by atoms with Gasteiger partial charge in [0.15, 0.2) is 0 Å². The number of hydrogen-bond acceptors (Lipinski definition) is 4. The zero-order chi connectivity index (χ0) is 14.6. The largest absolute Gasteiger partial charge is 0.399 e. The number of anilines is 1. The lowest BCUT2D eigenvalue weighted by molar-refractivity contribution is 0.0193. The lowest BCUT2D eigenvalue weighted by Crippen LogP contribution is -2.43. The summed E-state index contributed by atoms with van der Waals surface area (Å²) in [5.41, 5.74) is 6.13. The van der Waals surface area contributed by atoms with E-state index in [4.69, 9.17) is 10.5 Å². The first-order valence-electron chi connectivity index (χ1n) is 7.01. The topological polar surface area (TPSA) is 72.6 Å². The van der Waals surface area contributed by atoms with Crippen LogP contribution in [0.5, 0.6) is 0 Å². The van der Waals surface area contributed by atoms with Crippen molar-refractivity contribution in [1.82, 2.24) is 4.31 Å². The van der Waals surface area contributed by atoms with Crippen LogP contribution >= 0.6 is 0 Å². The first-order chi connectivity index (χ1) is 9.54. The van der Waals surface area contributed by atoms with Gasteiger partial charge in [0.25, 0.3) is 0 Å². The smallest absolute Gasteiger partial charge is 0.243 e. The summed E-state index contributed by atoms with van der Waals surface area (Å²) >= 11 is 0. The molecular weight excluding hydrogens is 276 g/mol. The van der Waals surface area contributed by atoms with Gasteiger partial charge in [-0.2, -0.15) is 4.31 Å². The molecule has 1 unspecified atom stereocenters. The molecule has 1 heterocycles. The SMILES string of the molecule is CCCOC1CCCN(S(=O)(=O)c2cccc(N)c2)C1. The van der Waals surface area contributed by atoms with Gasteiger partial charge in [-0.1, -0.05) is 13.0 Å². The van der Waals surface area contributed by atoms with Crippen molar-refractivity contribution in [3.63, 3.8) is 0 Å². The number of ether oxygens (including phenoxy) is 1. The second-order valence-corrected chi connectivity index (χ2v) is 7.01. The zero-order valence-electron chi connectivity index (χ0n) is 11.8. The second kappa shape index (κ2) is 6.56. The number of nitrogens with two attached hydrogens (primary N) is 1. The lowest BCUT2D eigenvalue weighted by atomic mass is 10.1. The van der Waals surface area contributed by atoms with Crippen LogP contribution in [-0.4, -0.2) is 38.5 Å². The number of rotatable bonds is 5. The Labute approximate surface area is 120 Å². The Morgan fingerprint density at radius 1 is 1.45 bits per heavy atom. The molecule has 2 rings (SSSR count). The normalized spacial score (nSPS) is 20.9. The molecule has 1 aromatic carbocycles. The summed E-state index contributed by atoms with van der Waals surface area (Å²) in [5, 5.41) is 0. The third-order valence-corrected chi connectivity index (χ3v) is 5.26. The number of nitrogens with zero attached hydrogens (tertiary/aromatic N) is 1. The Kier molecular flexibility index (Phi) is 5.01. The van der Waals surface area contributed by atoms with E-state index in [9.17, 15) is 8.42 Å². The lowest BCUT2D eigenvalue weighted by Gasteiger charge is -2.31. The van der Waals surface area contributed by atoms with Gasteiger partial charge < -0.3 is 10.5 Å². The Balaban J connectivity index is 2.13. The molecule has 112 valence electrons. The van der Waals surface area contributed by atoms with E-state index in [0.29, 0.717) is 25.4 Å². The van der Waals surface area contributed by atoms with Gasteiger partial charge in [0.05, 0.1) is 11.0 Å². The van der Waals surface area contributed by atoms with Crippen LogP contribution in [0.25, 0.3) is 0 Å². The molecule has 0 spiro atoms. The fourth-order valence-electron chi connectivity index (χ4n) is 2.37. The van der Waals surface area contributed by atoms with E-state index < -0.39 is 10.0 Å². The van der Waals surface area contributed by atoms with Crippen molar-refractivity contribution >= 4 is 15.7 Å². The van der Waals surface area contributed by atoms with Crippen molar-refractivity contribution in [2.45, 2.75) is 37.2 Å². The molecule has 1 aromatic rings. The van der Waals surface area contributed by atoms with Crippen LogP contribution < -0.4 is 5.73 Å². The van der Waals surface area contributed by atoms with Crippen LogP contribution in [0, 0.1) is 0 Å². The summed E-state index contributed by atoms with van der Waals surface area (Å²) in [7, 11) is -3.47. The molecule has 1 atom stereocenters. The molecule has 0 bridgehead atoms. The van der Waals surface area contributed by atoms with Gasteiger partial charge in [-0.15, -0.1) is 0 Å². The molecular formula is C14H22N2O3S. The van der Waals surface area contributed by atoms with Gasteiger partial charge >= 0.3 is 0 Å². The van der Waals surface area contributed by atoms with E-state index in [2.05, 4.69) is 0 Å². The average Bonchev–Trinajstić information content (AvgIpc) is 2.45. The van der Waals surface area contributed by atoms with Gasteiger partial charge in [0, 0.05) is 25.4 Å². The highest BCUT2D eigenvalue weighted by atomic mass is 32.2. The first kappa shape index (κ1) is 15.3. The van der Waals surface area contributed by atoms with E-state index in [1.54, 1.807) is 18.2 Å². The Hall–Kier alpha value is -1.11. The summed E-state index contributed by atoms with van der Waals surface area (Å²) < 4.78 is 32.3. The molecule has 1 aliphatic heterocycles. The molecule has 0 aromatic heterocycles. The molecule has 5 nitrogen and oxygen atoms in total. The monoisotopic (exact) mass is 298 g/mol. The molecule has 0 saturated carbocycles. The highest BCUT2D eigenvalue weighted by Crippen LogP contribution is 2.23. The van der Waals surface area contributed by atoms with Crippen molar-refractivity contribution in [3.05, 3.63) is 24.3 Å². The van der Waals surface area contributed by atoms with Crippen LogP contribution in [0.3, 0.4) is 0 Å². The molecule has 1 saturated heterocycles.